The van der Waals surface area contributed by atoms with Crippen LogP contribution in [0.5, 0.6) is 0 Å². The predicted molar refractivity (Wildman–Crippen MR) is 79.2 cm³/mol. The van der Waals surface area contributed by atoms with E-state index in [0.29, 0.717) is 5.95 Å². The number of hydrogen-bond acceptors (Lipinski definition) is 5. The SMILES string of the molecule is O/N=C1\CCCCCCCCCCC1Nc1ncn[nH]1. The van der Waals surface area contributed by atoms with Crippen LogP contribution in [0.4, 0.5) is 5.95 Å². The molecule has 1 fully saturated rings. The Morgan fingerprint density at radius 1 is 1.10 bits per heavy atom. The highest BCUT2D eigenvalue weighted by Gasteiger charge is 2.17. The first kappa shape index (κ1) is 14.8. The third-order valence-corrected chi connectivity index (χ3v) is 3.93. The Morgan fingerprint density at radius 2 is 1.80 bits per heavy atom. The van der Waals surface area contributed by atoms with Crippen LogP contribution in [-0.2, 0) is 0 Å². The first-order valence-corrected chi connectivity index (χ1v) is 7.73. The van der Waals surface area contributed by atoms with Crippen molar-refractivity contribution < 1.29 is 5.21 Å². The van der Waals surface area contributed by atoms with E-state index in [-0.39, 0.29) is 6.04 Å². The summed E-state index contributed by atoms with van der Waals surface area (Å²) in [5.74, 6) is 0.642. The number of hydrogen-bond donors (Lipinski definition) is 3. The van der Waals surface area contributed by atoms with Crippen molar-refractivity contribution in [1.82, 2.24) is 15.2 Å². The van der Waals surface area contributed by atoms with E-state index in [0.717, 1.165) is 31.4 Å². The fourth-order valence-electron chi connectivity index (χ4n) is 2.77. The molecule has 0 saturated heterocycles. The summed E-state index contributed by atoms with van der Waals surface area (Å²) < 4.78 is 0. The van der Waals surface area contributed by atoms with Gasteiger partial charge < -0.3 is 10.5 Å². The number of anilines is 1. The highest BCUT2D eigenvalue weighted by atomic mass is 16.4. The Labute approximate surface area is 120 Å². The van der Waals surface area contributed by atoms with Crippen molar-refractivity contribution in [3.63, 3.8) is 0 Å². The minimum absolute atomic E-state index is 0.0485. The molecular formula is C14H25N5O. The molecule has 6 heteroatoms. The summed E-state index contributed by atoms with van der Waals surface area (Å²) in [5, 5.41) is 22.8. The van der Waals surface area contributed by atoms with Crippen molar-refractivity contribution >= 4 is 11.7 Å². The van der Waals surface area contributed by atoms with Gasteiger partial charge >= 0.3 is 0 Å². The van der Waals surface area contributed by atoms with Crippen molar-refractivity contribution in [1.29, 1.82) is 0 Å². The van der Waals surface area contributed by atoms with E-state index in [1.807, 2.05) is 0 Å². The standard InChI is InChI=1S/C14H25N5O/c20-19-13-10-8-6-4-2-1-3-5-7-9-12(13)17-14-15-11-16-18-14/h11-12,20H,1-10H2,(H2,15,16,17,18)/b19-13+. The molecule has 1 aromatic heterocycles. The number of nitrogens with one attached hydrogen (secondary N) is 2. The molecule has 0 radical (unpaired) electrons. The smallest absolute Gasteiger partial charge is 0.218 e. The van der Waals surface area contributed by atoms with E-state index in [1.54, 1.807) is 0 Å². The lowest BCUT2D eigenvalue weighted by Crippen LogP contribution is -2.30. The van der Waals surface area contributed by atoms with Gasteiger partial charge in [0, 0.05) is 0 Å². The minimum Gasteiger partial charge on any atom is -0.411 e. The molecule has 20 heavy (non-hydrogen) atoms. The van der Waals surface area contributed by atoms with E-state index >= 15 is 0 Å². The van der Waals surface area contributed by atoms with Crippen molar-refractivity contribution in [2.24, 2.45) is 5.16 Å². The van der Waals surface area contributed by atoms with E-state index in [2.05, 4.69) is 25.7 Å². The van der Waals surface area contributed by atoms with Crippen LogP contribution in [0.15, 0.2) is 11.5 Å². The second kappa shape index (κ2) is 8.55. The van der Waals surface area contributed by atoms with Gasteiger partial charge in [0.05, 0.1) is 11.8 Å². The Bertz CT molecular complexity index is 390. The van der Waals surface area contributed by atoms with Gasteiger partial charge in [-0.3, -0.25) is 0 Å². The molecule has 1 saturated carbocycles. The number of rotatable bonds is 2. The van der Waals surface area contributed by atoms with Crippen LogP contribution in [-0.4, -0.2) is 32.1 Å². The summed E-state index contributed by atoms with van der Waals surface area (Å²) in [6.45, 7) is 0. The van der Waals surface area contributed by atoms with Gasteiger partial charge in [0.2, 0.25) is 5.95 Å². The van der Waals surface area contributed by atoms with Crippen molar-refractivity contribution in [2.45, 2.75) is 70.3 Å². The Kier molecular flexibility index (Phi) is 6.34. The molecule has 1 aliphatic carbocycles. The van der Waals surface area contributed by atoms with Gasteiger partial charge in [0.1, 0.15) is 6.33 Å². The lowest BCUT2D eigenvalue weighted by molar-refractivity contribution is 0.314. The molecule has 2 rings (SSSR count). The predicted octanol–water partition coefficient (Wildman–Crippen LogP) is 3.33. The lowest BCUT2D eigenvalue weighted by Gasteiger charge is -2.20. The average Bonchev–Trinajstić information content (AvgIpc) is 2.95. The molecular weight excluding hydrogens is 254 g/mol. The van der Waals surface area contributed by atoms with Crippen LogP contribution in [0.1, 0.15) is 64.2 Å². The number of nitrogens with zero attached hydrogens (tertiary/aromatic N) is 3. The maximum Gasteiger partial charge on any atom is 0.218 e. The van der Waals surface area contributed by atoms with Crippen LogP contribution >= 0.6 is 0 Å². The molecule has 1 atom stereocenters. The summed E-state index contributed by atoms with van der Waals surface area (Å²) >= 11 is 0. The van der Waals surface area contributed by atoms with Crippen LogP contribution in [0.3, 0.4) is 0 Å². The van der Waals surface area contributed by atoms with Crippen LogP contribution in [0.25, 0.3) is 0 Å². The molecule has 0 aromatic carbocycles. The lowest BCUT2D eigenvalue weighted by atomic mass is 9.96. The third-order valence-electron chi connectivity index (χ3n) is 3.93. The fourth-order valence-corrected chi connectivity index (χ4v) is 2.77. The maximum absolute atomic E-state index is 9.30. The number of aromatic nitrogens is 3. The molecule has 1 aliphatic rings. The van der Waals surface area contributed by atoms with Gasteiger partial charge in [-0.2, -0.15) is 5.10 Å². The van der Waals surface area contributed by atoms with E-state index in [9.17, 15) is 5.21 Å². The summed E-state index contributed by atoms with van der Waals surface area (Å²) in [6.07, 6.45) is 13.3. The monoisotopic (exact) mass is 279 g/mol. The van der Waals surface area contributed by atoms with E-state index < -0.39 is 0 Å². The molecule has 0 bridgehead atoms. The summed E-state index contributed by atoms with van der Waals surface area (Å²) in [6, 6.07) is 0.0485. The molecule has 0 aliphatic heterocycles. The zero-order valence-electron chi connectivity index (χ0n) is 12.0. The molecule has 6 nitrogen and oxygen atoms in total. The van der Waals surface area contributed by atoms with Gasteiger partial charge in [-0.15, -0.1) is 0 Å². The minimum atomic E-state index is 0.0485. The third kappa shape index (κ3) is 4.83. The molecule has 0 spiro atoms. The summed E-state index contributed by atoms with van der Waals surface area (Å²) in [5.41, 5.74) is 0.835. The van der Waals surface area contributed by atoms with Crippen LogP contribution < -0.4 is 5.32 Å². The molecule has 1 unspecified atom stereocenters. The van der Waals surface area contributed by atoms with Gasteiger partial charge in [0.15, 0.2) is 0 Å². The first-order valence-electron chi connectivity index (χ1n) is 7.73. The van der Waals surface area contributed by atoms with Crippen LogP contribution in [0, 0.1) is 0 Å². The molecule has 1 aromatic rings. The molecule has 1 heterocycles. The van der Waals surface area contributed by atoms with Gasteiger partial charge in [-0.05, 0) is 19.3 Å². The van der Waals surface area contributed by atoms with Crippen molar-refractivity contribution in [2.75, 3.05) is 5.32 Å². The van der Waals surface area contributed by atoms with Gasteiger partial charge in [-0.1, -0.05) is 50.1 Å². The maximum atomic E-state index is 9.30. The normalized spacial score (nSPS) is 24.8. The second-order valence-corrected chi connectivity index (χ2v) is 5.49. The van der Waals surface area contributed by atoms with Gasteiger partial charge in [-0.25, -0.2) is 10.1 Å². The average molecular weight is 279 g/mol. The Morgan fingerprint density at radius 3 is 2.45 bits per heavy atom. The Hall–Kier alpha value is -1.59. The summed E-state index contributed by atoms with van der Waals surface area (Å²) in [7, 11) is 0. The summed E-state index contributed by atoms with van der Waals surface area (Å²) in [4.78, 5) is 4.09. The highest BCUT2D eigenvalue weighted by molar-refractivity contribution is 5.91. The van der Waals surface area contributed by atoms with Crippen molar-refractivity contribution in [3.05, 3.63) is 6.33 Å². The number of oxime groups is 1. The van der Waals surface area contributed by atoms with Crippen molar-refractivity contribution in [3.8, 4) is 0 Å². The molecule has 112 valence electrons. The highest BCUT2D eigenvalue weighted by Crippen LogP contribution is 2.17. The zero-order valence-corrected chi connectivity index (χ0v) is 12.0. The fraction of sp³-hybridized carbons (Fsp3) is 0.786. The zero-order chi connectivity index (χ0) is 14.0. The van der Waals surface area contributed by atoms with E-state index in [1.165, 1.54) is 44.9 Å². The number of aromatic amines is 1. The molecule has 0 amide bonds. The quantitative estimate of drug-likeness (QED) is 0.572. The Balaban J connectivity index is 1.97. The largest absolute Gasteiger partial charge is 0.411 e. The number of H-pyrrole nitrogens is 1. The second-order valence-electron chi connectivity index (χ2n) is 5.49. The molecule has 3 N–H and O–H groups in total. The van der Waals surface area contributed by atoms with E-state index in [4.69, 9.17) is 0 Å². The topological polar surface area (TPSA) is 86.2 Å². The first-order chi connectivity index (χ1) is 9.90. The van der Waals surface area contributed by atoms with Crippen LogP contribution in [0.2, 0.25) is 0 Å². The van der Waals surface area contributed by atoms with Gasteiger partial charge in [0.25, 0.3) is 0 Å².